The minimum absolute atomic E-state index is 0.743. The third-order valence-electron chi connectivity index (χ3n) is 3.02. The lowest BCUT2D eigenvalue weighted by molar-refractivity contribution is 0.919. The Hall–Kier alpha value is -2.27. The van der Waals surface area contributed by atoms with E-state index in [1.54, 1.807) is 0 Å². The molecule has 0 amide bonds. The van der Waals surface area contributed by atoms with E-state index in [1.165, 1.54) is 5.56 Å². The Balaban J connectivity index is 2.19. The van der Waals surface area contributed by atoms with Crippen molar-refractivity contribution in [3.05, 3.63) is 65.2 Å². The van der Waals surface area contributed by atoms with Crippen molar-refractivity contribution in [1.29, 1.82) is 5.26 Å². The van der Waals surface area contributed by atoms with Crippen LogP contribution in [0.2, 0.25) is 0 Å². The third kappa shape index (κ3) is 2.70. The van der Waals surface area contributed by atoms with Gasteiger partial charge in [-0.25, -0.2) is 0 Å². The molecule has 2 nitrogen and oxygen atoms in total. The van der Waals surface area contributed by atoms with Crippen molar-refractivity contribution in [2.75, 3.05) is 11.9 Å². The van der Waals surface area contributed by atoms with E-state index in [2.05, 4.69) is 42.2 Å². The molecule has 2 heteroatoms. The summed E-state index contributed by atoms with van der Waals surface area (Å²) in [5.41, 5.74) is 4.22. The molecule has 0 heterocycles. The van der Waals surface area contributed by atoms with Crippen LogP contribution in [0.4, 0.5) is 5.69 Å². The molecule has 0 saturated heterocycles. The molecule has 2 rings (SSSR count). The van der Waals surface area contributed by atoms with Gasteiger partial charge >= 0.3 is 0 Å². The van der Waals surface area contributed by atoms with Crippen LogP contribution in [0.15, 0.2) is 48.5 Å². The Labute approximate surface area is 108 Å². The molecule has 18 heavy (non-hydrogen) atoms. The van der Waals surface area contributed by atoms with Gasteiger partial charge in [0, 0.05) is 19.3 Å². The van der Waals surface area contributed by atoms with Crippen molar-refractivity contribution >= 4 is 5.69 Å². The Bertz CT molecular complexity index is 564. The zero-order valence-electron chi connectivity index (χ0n) is 10.7. The van der Waals surface area contributed by atoms with Gasteiger partial charge in [-0.2, -0.15) is 5.26 Å². The number of nitriles is 1. The number of hydrogen-bond donors (Lipinski definition) is 0. The van der Waals surface area contributed by atoms with Crippen LogP contribution in [0.1, 0.15) is 16.7 Å². The smallest absolute Gasteiger partial charge is 0.0995 e. The maximum Gasteiger partial charge on any atom is 0.0995 e. The summed E-state index contributed by atoms with van der Waals surface area (Å²) in [5, 5.41) is 9.07. The molecule has 0 radical (unpaired) electrons. The first-order valence-electron chi connectivity index (χ1n) is 5.96. The predicted molar refractivity (Wildman–Crippen MR) is 74.4 cm³/mol. The van der Waals surface area contributed by atoms with Gasteiger partial charge in [-0.05, 0) is 30.7 Å². The summed E-state index contributed by atoms with van der Waals surface area (Å²) in [7, 11) is 2.04. The molecular weight excluding hydrogens is 220 g/mol. The Kier molecular flexibility index (Phi) is 3.64. The van der Waals surface area contributed by atoms with Crippen molar-refractivity contribution in [3.8, 4) is 6.07 Å². The minimum Gasteiger partial charge on any atom is -0.370 e. The first-order chi connectivity index (χ1) is 8.70. The minimum atomic E-state index is 0.743. The lowest BCUT2D eigenvalue weighted by atomic mass is 10.1. The number of hydrogen-bond acceptors (Lipinski definition) is 2. The highest BCUT2D eigenvalue weighted by molar-refractivity contribution is 5.48. The second-order valence-electron chi connectivity index (χ2n) is 4.46. The van der Waals surface area contributed by atoms with Crippen molar-refractivity contribution < 1.29 is 0 Å². The summed E-state index contributed by atoms with van der Waals surface area (Å²) in [4.78, 5) is 2.15. The summed E-state index contributed by atoms with van der Waals surface area (Å²) in [6, 6.07) is 18.4. The van der Waals surface area contributed by atoms with E-state index in [9.17, 15) is 0 Å². The van der Waals surface area contributed by atoms with Crippen molar-refractivity contribution in [1.82, 2.24) is 0 Å². The fourth-order valence-electron chi connectivity index (χ4n) is 1.91. The van der Waals surface area contributed by atoms with Crippen molar-refractivity contribution in [3.63, 3.8) is 0 Å². The Morgan fingerprint density at radius 3 is 2.39 bits per heavy atom. The molecule has 0 aromatic heterocycles. The first-order valence-corrected chi connectivity index (χ1v) is 5.96. The third-order valence-corrected chi connectivity index (χ3v) is 3.02. The van der Waals surface area contributed by atoms with Gasteiger partial charge in [0.2, 0.25) is 0 Å². The normalized spacial score (nSPS) is 9.83. The number of benzene rings is 2. The number of aryl methyl sites for hydroxylation is 1. The molecule has 0 unspecified atom stereocenters. The van der Waals surface area contributed by atoms with Crippen LogP contribution in [0, 0.1) is 18.3 Å². The van der Waals surface area contributed by atoms with E-state index >= 15 is 0 Å². The molecule has 0 fully saturated rings. The standard InChI is InChI=1S/C16H16N2/c1-13-7-9-16(10-8-13)18(2)12-15-6-4-3-5-14(15)11-17/h3-10H,12H2,1-2H3. The molecule has 90 valence electrons. The highest BCUT2D eigenvalue weighted by Gasteiger charge is 2.05. The largest absolute Gasteiger partial charge is 0.370 e. The highest BCUT2D eigenvalue weighted by Crippen LogP contribution is 2.17. The second-order valence-corrected chi connectivity index (χ2v) is 4.46. The average molecular weight is 236 g/mol. The fourth-order valence-corrected chi connectivity index (χ4v) is 1.91. The summed E-state index contributed by atoms with van der Waals surface area (Å²) < 4.78 is 0. The number of nitrogens with zero attached hydrogens (tertiary/aromatic N) is 2. The maximum absolute atomic E-state index is 9.07. The van der Waals surface area contributed by atoms with Gasteiger partial charge in [0.05, 0.1) is 11.6 Å². The van der Waals surface area contributed by atoms with E-state index < -0.39 is 0 Å². The van der Waals surface area contributed by atoms with Gasteiger partial charge in [0.1, 0.15) is 0 Å². The summed E-state index contributed by atoms with van der Waals surface area (Å²) in [6.07, 6.45) is 0. The molecule has 0 N–H and O–H groups in total. The molecule has 0 aliphatic heterocycles. The van der Waals surface area contributed by atoms with Crippen LogP contribution < -0.4 is 4.90 Å². The molecule has 0 saturated carbocycles. The molecule has 0 aliphatic rings. The maximum atomic E-state index is 9.07. The predicted octanol–water partition coefficient (Wildman–Crippen LogP) is 3.50. The molecule has 0 bridgehead atoms. The average Bonchev–Trinajstić information content (AvgIpc) is 2.40. The van der Waals surface area contributed by atoms with Crippen molar-refractivity contribution in [2.24, 2.45) is 0 Å². The number of rotatable bonds is 3. The molecule has 2 aromatic carbocycles. The molecular formula is C16H16N2. The topological polar surface area (TPSA) is 27.0 Å². The zero-order valence-corrected chi connectivity index (χ0v) is 10.7. The monoisotopic (exact) mass is 236 g/mol. The van der Waals surface area contributed by atoms with E-state index in [-0.39, 0.29) is 0 Å². The molecule has 0 atom stereocenters. The van der Waals surface area contributed by atoms with Crippen LogP contribution in [0.25, 0.3) is 0 Å². The summed E-state index contributed by atoms with van der Waals surface area (Å²) in [5.74, 6) is 0. The van der Waals surface area contributed by atoms with E-state index in [4.69, 9.17) is 5.26 Å². The Morgan fingerprint density at radius 1 is 1.06 bits per heavy atom. The van der Waals surface area contributed by atoms with Gasteiger partial charge in [0.15, 0.2) is 0 Å². The summed E-state index contributed by atoms with van der Waals surface area (Å²) >= 11 is 0. The quantitative estimate of drug-likeness (QED) is 0.815. The summed E-state index contributed by atoms with van der Waals surface area (Å²) in [6.45, 7) is 2.82. The van der Waals surface area contributed by atoms with Crippen molar-refractivity contribution in [2.45, 2.75) is 13.5 Å². The van der Waals surface area contributed by atoms with Gasteiger partial charge < -0.3 is 4.90 Å². The van der Waals surface area contributed by atoms with Crippen LogP contribution in [-0.2, 0) is 6.54 Å². The van der Waals surface area contributed by atoms with Gasteiger partial charge in [-0.1, -0.05) is 35.9 Å². The van der Waals surface area contributed by atoms with E-state index in [0.717, 1.165) is 23.4 Å². The van der Waals surface area contributed by atoms with Crippen LogP contribution in [0.5, 0.6) is 0 Å². The fraction of sp³-hybridized carbons (Fsp3) is 0.188. The Morgan fingerprint density at radius 2 is 1.72 bits per heavy atom. The SMILES string of the molecule is Cc1ccc(N(C)Cc2ccccc2C#N)cc1. The molecule has 2 aromatic rings. The zero-order chi connectivity index (χ0) is 13.0. The lowest BCUT2D eigenvalue weighted by Gasteiger charge is -2.20. The lowest BCUT2D eigenvalue weighted by Crippen LogP contribution is -2.16. The van der Waals surface area contributed by atoms with Crippen LogP contribution >= 0.6 is 0 Å². The highest BCUT2D eigenvalue weighted by atomic mass is 15.1. The van der Waals surface area contributed by atoms with Gasteiger partial charge in [-0.3, -0.25) is 0 Å². The first kappa shape index (κ1) is 12.2. The van der Waals surface area contributed by atoms with Crippen LogP contribution in [0.3, 0.4) is 0 Å². The van der Waals surface area contributed by atoms with E-state index in [1.807, 2.05) is 31.3 Å². The molecule has 0 aliphatic carbocycles. The molecule has 0 spiro atoms. The second kappa shape index (κ2) is 5.37. The van der Waals surface area contributed by atoms with E-state index in [0.29, 0.717) is 0 Å². The number of anilines is 1. The van der Waals surface area contributed by atoms with Gasteiger partial charge in [-0.15, -0.1) is 0 Å². The van der Waals surface area contributed by atoms with Crippen LogP contribution in [-0.4, -0.2) is 7.05 Å². The van der Waals surface area contributed by atoms with Gasteiger partial charge in [0.25, 0.3) is 0 Å².